The van der Waals surface area contributed by atoms with E-state index in [2.05, 4.69) is 34.6 Å². The smallest absolute Gasteiger partial charge is 0.230 e. The van der Waals surface area contributed by atoms with Crippen molar-refractivity contribution in [1.29, 1.82) is 0 Å². The fourth-order valence-corrected chi connectivity index (χ4v) is 4.03. The number of carbonyl (C=O) groups excluding carboxylic acids is 1. The Hall–Kier alpha value is -2.40. The van der Waals surface area contributed by atoms with E-state index in [4.69, 9.17) is 23.2 Å². The third-order valence-corrected chi connectivity index (χ3v) is 5.51. The van der Waals surface area contributed by atoms with E-state index in [9.17, 15) is 4.79 Å². The van der Waals surface area contributed by atoms with Crippen LogP contribution in [0.15, 0.2) is 66.0 Å². The highest BCUT2D eigenvalue weighted by Crippen LogP contribution is 2.28. The van der Waals surface area contributed by atoms with Crippen LogP contribution in [-0.4, -0.2) is 10.9 Å². The molecule has 3 aromatic carbocycles. The first kappa shape index (κ1) is 18.0. The van der Waals surface area contributed by atoms with Gasteiger partial charge in [-0.3, -0.25) is 4.79 Å². The van der Waals surface area contributed by atoms with Crippen LogP contribution in [0.3, 0.4) is 0 Å². The van der Waals surface area contributed by atoms with Crippen molar-refractivity contribution in [3.63, 3.8) is 0 Å². The predicted octanol–water partition coefficient (Wildman–Crippen LogP) is 6.45. The van der Waals surface area contributed by atoms with Crippen LogP contribution in [-0.2, 0) is 11.2 Å². The van der Waals surface area contributed by atoms with Crippen molar-refractivity contribution in [2.45, 2.75) is 6.42 Å². The van der Waals surface area contributed by atoms with E-state index in [0.717, 1.165) is 22.2 Å². The number of nitrogens with one attached hydrogen (secondary N) is 1. The minimum absolute atomic E-state index is 0.168. The first-order valence-electron chi connectivity index (χ1n) is 8.27. The van der Waals surface area contributed by atoms with Gasteiger partial charge in [0.2, 0.25) is 5.91 Å². The van der Waals surface area contributed by atoms with Gasteiger partial charge in [0, 0.05) is 21.0 Å². The van der Waals surface area contributed by atoms with Gasteiger partial charge in [-0.25, -0.2) is 4.98 Å². The zero-order valence-electron chi connectivity index (χ0n) is 14.1. The van der Waals surface area contributed by atoms with E-state index >= 15 is 0 Å². The Balaban J connectivity index is 1.49. The molecular formula is C21H14Cl2N2OS. The number of benzene rings is 3. The predicted molar refractivity (Wildman–Crippen MR) is 114 cm³/mol. The van der Waals surface area contributed by atoms with Crippen molar-refractivity contribution in [1.82, 2.24) is 4.98 Å². The Morgan fingerprint density at radius 3 is 2.63 bits per heavy atom. The third-order valence-electron chi connectivity index (χ3n) is 4.16. The normalized spacial score (nSPS) is 10.9. The number of nitrogens with zero attached hydrogens (tertiary/aromatic N) is 1. The van der Waals surface area contributed by atoms with Crippen LogP contribution in [0.4, 0.5) is 5.13 Å². The molecule has 1 amide bonds. The lowest BCUT2D eigenvalue weighted by Gasteiger charge is -2.05. The molecule has 1 heterocycles. The maximum absolute atomic E-state index is 12.3. The zero-order chi connectivity index (χ0) is 18.8. The summed E-state index contributed by atoms with van der Waals surface area (Å²) in [4.78, 5) is 16.8. The van der Waals surface area contributed by atoms with Gasteiger partial charge >= 0.3 is 0 Å². The SMILES string of the molecule is O=C(Cc1ccc(Cl)cc1Cl)Nc1nc(-c2ccc3ccccc3c2)cs1. The van der Waals surface area contributed by atoms with E-state index in [1.54, 1.807) is 18.2 Å². The number of anilines is 1. The second kappa shape index (κ2) is 7.69. The quantitative estimate of drug-likeness (QED) is 0.418. The average Bonchev–Trinajstić information content (AvgIpc) is 3.12. The van der Waals surface area contributed by atoms with Crippen LogP contribution in [0.1, 0.15) is 5.56 Å². The largest absolute Gasteiger partial charge is 0.302 e. The number of hydrogen-bond donors (Lipinski definition) is 1. The number of hydrogen-bond acceptors (Lipinski definition) is 3. The number of halogens is 2. The van der Waals surface area contributed by atoms with Gasteiger partial charge in [0.25, 0.3) is 0 Å². The molecule has 1 N–H and O–H groups in total. The Kier molecular flexibility index (Phi) is 5.12. The number of aromatic nitrogens is 1. The van der Waals surface area contributed by atoms with Gasteiger partial charge in [-0.1, -0.05) is 65.7 Å². The molecule has 0 bridgehead atoms. The number of rotatable bonds is 4. The van der Waals surface area contributed by atoms with E-state index in [1.165, 1.54) is 16.7 Å². The van der Waals surface area contributed by atoms with Crippen molar-refractivity contribution in [3.8, 4) is 11.3 Å². The van der Waals surface area contributed by atoms with E-state index in [-0.39, 0.29) is 12.3 Å². The summed E-state index contributed by atoms with van der Waals surface area (Å²) in [6, 6.07) is 19.5. The fraction of sp³-hybridized carbons (Fsp3) is 0.0476. The highest BCUT2D eigenvalue weighted by atomic mass is 35.5. The Morgan fingerprint density at radius 1 is 1.00 bits per heavy atom. The maximum Gasteiger partial charge on any atom is 0.230 e. The molecule has 0 atom stereocenters. The van der Waals surface area contributed by atoms with Crippen LogP contribution in [0.2, 0.25) is 10.0 Å². The summed E-state index contributed by atoms with van der Waals surface area (Å²) in [5.41, 5.74) is 2.58. The lowest BCUT2D eigenvalue weighted by Crippen LogP contribution is -2.14. The molecule has 1 aromatic heterocycles. The van der Waals surface area contributed by atoms with Gasteiger partial charge in [0.05, 0.1) is 12.1 Å². The molecule has 0 aliphatic heterocycles. The highest BCUT2D eigenvalue weighted by molar-refractivity contribution is 7.14. The summed E-state index contributed by atoms with van der Waals surface area (Å²) in [5, 5.41) is 8.71. The second-order valence-electron chi connectivity index (χ2n) is 6.06. The average molecular weight is 413 g/mol. The van der Waals surface area contributed by atoms with Gasteiger partial charge in [-0.15, -0.1) is 11.3 Å². The molecule has 4 aromatic rings. The number of thiazole rings is 1. The van der Waals surface area contributed by atoms with Crippen molar-refractivity contribution < 1.29 is 4.79 Å². The van der Waals surface area contributed by atoms with Gasteiger partial charge in [-0.05, 0) is 34.5 Å². The lowest BCUT2D eigenvalue weighted by molar-refractivity contribution is -0.115. The summed E-state index contributed by atoms with van der Waals surface area (Å²) in [6.45, 7) is 0. The summed E-state index contributed by atoms with van der Waals surface area (Å²) < 4.78 is 0. The van der Waals surface area contributed by atoms with Crippen LogP contribution >= 0.6 is 34.5 Å². The first-order chi connectivity index (χ1) is 13.1. The topological polar surface area (TPSA) is 42.0 Å². The number of amides is 1. The van der Waals surface area contributed by atoms with Crippen LogP contribution < -0.4 is 5.32 Å². The molecule has 0 spiro atoms. The summed E-state index contributed by atoms with van der Waals surface area (Å²) in [6.07, 6.45) is 0.168. The summed E-state index contributed by atoms with van der Waals surface area (Å²) >= 11 is 13.4. The van der Waals surface area contributed by atoms with Crippen molar-refractivity contribution in [2.24, 2.45) is 0 Å². The van der Waals surface area contributed by atoms with E-state index in [1.807, 2.05) is 23.6 Å². The van der Waals surface area contributed by atoms with Crippen molar-refractivity contribution in [3.05, 3.63) is 81.7 Å². The number of carbonyl (C=O) groups is 1. The molecule has 0 radical (unpaired) electrons. The van der Waals surface area contributed by atoms with Crippen molar-refractivity contribution in [2.75, 3.05) is 5.32 Å². The van der Waals surface area contributed by atoms with Gasteiger partial charge in [0.15, 0.2) is 5.13 Å². The molecule has 0 aliphatic carbocycles. The van der Waals surface area contributed by atoms with Gasteiger partial charge < -0.3 is 5.32 Å². The van der Waals surface area contributed by atoms with Crippen LogP contribution in [0.25, 0.3) is 22.0 Å². The molecular weight excluding hydrogens is 399 g/mol. The molecule has 0 saturated carbocycles. The summed E-state index contributed by atoms with van der Waals surface area (Å²) in [5.74, 6) is -0.168. The molecule has 3 nitrogen and oxygen atoms in total. The van der Waals surface area contributed by atoms with E-state index in [0.29, 0.717) is 15.2 Å². The zero-order valence-corrected chi connectivity index (χ0v) is 16.4. The minimum atomic E-state index is -0.168. The van der Waals surface area contributed by atoms with Gasteiger partial charge in [0.1, 0.15) is 0 Å². The molecule has 6 heteroatoms. The third kappa shape index (κ3) is 4.14. The second-order valence-corrected chi connectivity index (χ2v) is 7.76. The first-order valence-corrected chi connectivity index (χ1v) is 9.90. The standard InChI is InChI=1S/C21H14Cl2N2OS/c22-17-8-7-15(18(23)11-17)10-20(26)25-21-24-19(12-27-21)16-6-5-13-3-1-2-4-14(13)9-16/h1-9,11-12H,10H2,(H,24,25,26). The Labute approximate surface area is 170 Å². The Morgan fingerprint density at radius 2 is 1.81 bits per heavy atom. The fourth-order valence-electron chi connectivity index (χ4n) is 2.81. The monoisotopic (exact) mass is 412 g/mol. The maximum atomic E-state index is 12.3. The molecule has 0 saturated heterocycles. The van der Waals surface area contributed by atoms with Crippen LogP contribution in [0, 0.1) is 0 Å². The van der Waals surface area contributed by atoms with Crippen molar-refractivity contribution >= 4 is 56.3 Å². The minimum Gasteiger partial charge on any atom is -0.302 e. The molecule has 0 unspecified atom stereocenters. The molecule has 134 valence electrons. The highest BCUT2D eigenvalue weighted by Gasteiger charge is 2.11. The summed E-state index contributed by atoms with van der Waals surface area (Å²) in [7, 11) is 0. The molecule has 27 heavy (non-hydrogen) atoms. The van der Waals surface area contributed by atoms with Crippen LogP contribution in [0.5, 0.6) is 0 Å². The van der Waals surface area contributed by atoms with E-state index < -0.39 is 0 Å². The Bertz CT molecular complexity index is 1140. The van der Waals surface area contributed by atoms with Gasteiger partial charge in [-0.2, -0.15) is 0 Å². The molecule has 0 fully saturated rings. The number of fused-ring (bicyclic) bond motifs is 1. The molecule has 0 aliphatic rings. The molecule has 4 rings (SSSR count). The lowest BCUT2D eigenvalue weighted by atomic mass is 10.1.